The van der Waals surface area contributed by atoms with Gasteiger partial charge in [-0.1, -0.05) is 47.1 Å². The second-order valence-corrected chi connectivity index (χ2v) is 9.82. The van der Waals surface area contributed by atoms with E-state index in [9.17, 15) is 19.8 Å². The summed E-state index contributed by atoms with van der Waals surface area (Å²) in [5.41, 5.74) is 3.24. The van der Waals surface area contributed by atoms with Crippen molar-refractivity contribution in [2.45, 2.75) is 39.5 Å². The number of allylic oxidation sites excluding steroid dienone is 10. The van der Waals surface area contributed by atoms with Crippen LogP contribution in [0.1, 0.15) is 39.5 Å². The highest BCUT2D eigenvalue weighted by Gasteiger charge is 2.38. The fourth-order valence-corrected chi connectivity index (χ4v) is 7.53. The van der Waals surface area contributed by atoms with Gasteiger partial charge in [-0.05, 0) is 49.0 Å². The van der Waals surface area contributed by atoms with Gasteiger partial charge in [0.25, 0.3) is 0 Å². The van der Waals surface area contributed by atoms with Gasteiger partial charge in [-0.15, -0.1) is 0 Å². The molecule has 2 atom stereocenters. The summed E-state index contributed by atoms with van der Waals surface area (Å²) in [6.45, 7) is 3.95. The molecule has 0 spiro atoms. The number of hydrogen-bond donors (Lipinski definition) is 2. The lowest BCUT2D eigenvalue weighted by Crippen LogP contribution is -2.28. The van der Waals surface area contributed by atoms with Crippen molar-refractivity contribution in [3.63, 3.8) is 0 Å². The Hall–Kier alpha value is -2.72. The zero-order chi connectivity index (χ0) is 21.4. The van der Waals surface area contributed by atoms with Gasteiger partial charge in [0, 0.05) is 9.81 Å². The summed E-state index contributed by atoms with van der Waals surface area (Å²) in [5.74, 6) is 0. The van der Waals surface area contributed by atoms with Gasteiger partial charge in [0.15, 0.2) is 0 Å². The van der Waals surface area contributed by atoms with Crippen LogP contribution < -0.4 is 0 Å². The number of carboxylic acid groups (broad SMARTS) is 2. The van der Waals surface area contributed by atoms with E-state index in [-0.39, 0.29) is 0 Å². The molecule has 0 saturated carbocycles. The van der Waals surface area contributed by atoms with Crippen molar-refractivity contribution in [3.05, 3.63) is 68.8 Å². The number of carbonyl (C=O) groups is 2. The van der Waals surface area contributed by atoms with E-state index in [0.717, 1.165) is 21.0 Å². The molecule has 30 heavy (non-hydrogen) atoms. The van der Waals surface area contributed by atoms with Gasteiger partial charge in [0.1, 0.15) is 0 Å². The highest BCUT2D eigenvalue weighted by molar-refractivity contribution is 7.91. The molecule has 0 radical (unpaired) electrons. The van der Waals surface area contributed by atoms with Crippen LogP contribution in [-0.2, 0) is 21.8 Å². The molecular formula is C20H22N4O4S2. The maximum atomic E-state index is 12.0. The molecule has 0 fully saturated rings. The largest absolute Gasteiger partial charge is 0.464 e. The van der Waals surface area contributed by atoms with Crippen molar-refractivity contribution < 1.29 is 19.8 Å². The molecule has 10 heteroatoms. The highest BCUT2D eigenvalue weighted by atomic mass is 32.2. The summed E-state index contributed by atoms with van der Waals surface area (Å²) in [4.78, 5) is 25.9. The van der Waals surface area contributed by atoms with Gasteiger partial charge in [-0.25, -0.2) is 18.2 Å². The summed E-state index contributed by atoms with van der Waals surface area (Å²) in [5, 5.41) is 19.7. The van der Waals surface area contributed by atoms with Crippen LogP contribution in [0.5, 0.6) is 0 Å². The van der Waals surface area contributed by atoms with Gasteiger partial charge in [-0.2, -0.15) is 0 Å². The Labute approximate surface area is 179 Å². The maximum absolute atomic E-state index is 12.0. The molecule has 0 aromatic heterocycles. The maximum Gasteiger partial charge on any atom is 0.423 e. The number of amides is 2. The molecule has 0 bridgehead atoms. The summed E-state index contributed by atoms with van der Waals surface area (Å²) < 4.78 is 11.5. The molecule has 0 saturated heterocycles. The lowest BCUT2D eigenvalue weighted by Gasteiger charge is -2.19. The zero-order valence-electron chi connectivity index (χ0n) is 16.6. The van der Waals surface area contributed by atoms with Crippen LogP contribution in [-0.4, -0.2) is 31.0 Å². The first-order valence-electron chi connectivity index (χ1n) is 9.64. The number of fused-ring (bicyclic) bond motifs is 2. The highest BCUT2D eigenvalue weighted by Crippen LogP contribution is 2.42. The molecular weight excluding hydrogens is 424 g/mol. The van der Waals surface area contributed by atoms with Gasteiger partial charge in [-0.3, -0.25) is 0 Å². The quantitative estimate of drug-likeness (QED) is 0.571. The Morgan fingerprint density at radius 2 is 1.27 bits per heavy atom. The monoisotopic (exact) mass is 446 g/mol. The van der Waals surface area contributed by atoms with E-state index in [1.807, 2.05) is 38.2 Å². The SMILES string of the molecule is CCC1=C2CC=CC=C2N(C(=O)O)S1=NN=S1C(CC)=C2CC=CC=C2N1C(=O)O. The van der Waals surface area contributed by atoms with E-state index in [4.69, 9.17) is 0 Å². The lowest BCUT2D eigenvalue weighted by molar-refractivity contribution is 0.181. The summed E-state index contributed by atoms with van der Waals surface area (Å²) in [7, 11) is -2.22. The molecule has 0 aromatic rings. The molecule has 158 valence electrons. The first-order valence-corrected chi connectivity index (χ1v) is 11.9. The van der Waals surface area contributed by atoms with Gasteiger partial charge >= 0.3 is 12.2 Å². The molecule has 2 N–H and O–H groups in total. The van der Waals surface area contributed by atoms with Crippen LogP contribution in [0.3, 0.4) is 0 Å². The van der Waals surface area contributed by atoms with Gasteiger partial charge in [0.2, 0.25) is 0 Å². The first-order chi connectivity index (χ1) is 14.5. The average molecular weight is 447 g/mol. The van der Waals surface area contributed by atoms with Crippen molar-refractivity contribution in [3.8, 4) is 0 Å². The summed E-state index contributed by atoms with van der Waals surface area (Å²) >= 11 is 0. The first kappa shape index (κ1) is 20.5. The molecule has 2 unspecified atom stereocenters. The molecule has 4 rings (SSSR count). The van der Waals surface area contributed by atoms with Crippen LogP contribution in [0.2, 0.25) is 0 Å². The van der Waals surface area contributed by atoms with Crippen molar-refractivity contribution in [2.75, 3.05) is 0 Å². The van der Waals surface area contributed by atoms with Crippen LogP contribution in [0.15, 0.2) is 77.8 Å². The summed E-state index contributed by atoms with van der Waals surface area (Å²) in [6.07, 6.45) is 11.7. The molecule has 0 aromatic carbocycles. The molecule has 2 heterocycles. The Kier molecular flexibility index (Phi) is 5.61. The van der Waals surface area contributed by atoms with Gasteiger partial charge in [0.05, 0.1) is 33.1 Å². The third kappa shape index (κ3) is 3.20. The van der Waals surface area contributed by atoms with E-state index in [1.165, 1.54) is 8.61 Å². The fourth-order valence-electron chi connectivity index (χ4n) is 3.90. The smallest absolute Gasteiger partial charge is 0.423 e. The number of rotatable bonds is 3. The minimum absolute atomic E-state index is 0.642. The Morgan fingerprint density at radius 3 is 1.60 bits per heavy atom. The predicted octanol–water partition coefficient (Wildman–Crippen LogP) is 5.34. The molecule has 4 aliphatic rings. The van der Waals surface area contributed by atoms with Crippen molar-refractivity contribution in [2.24, 2.45) is 8.94 Å². The number of hydrogen-bond acceptors (Lipinski definition) is 2. The molecule has 2 aliphatic heterocycles. The van der Waals surface area contributed by atoms with Crippen molar-refractivity contribution >= 4 is 33.9 Å². The van der Waals surface area contributed by atoms with Crippen LogP contribution in [0.4, 0.5) is 9.59 Å². The third-order valence-electron chi connectivity index (χ3n) is 5.12. The van der Waals surface area contributed by atoms with E-state index in [0.29, 0.717) is 37.1 Å². The van der Waals surface area contributed by atoms with E-state index < -0.39 is 33.9 Å². The Bertz CT molecular complexity index is 1010. The van der Waals surface area contributed by atoms with Crippen LogP contribution >= 0.6 is 0 Å². The van der Waals surface area contributed by atoms with E-state index in [2.05, 4.69) is 8.94 Å². The third-order valence-corrected chi connectivity index (χ3v) is 9.04. The fraction of sp³-hybridized carbons (Fsp3) is 0.300. The molecule has 2 amide bonds. The Balaban J connectivity index is 1.86. The van der Waals surface area contributed by atoms with Gasteiger partial charge < -0.3 is 10.2 Å². The minimum atomic E-state index is -1.11. The second kappa shape index (κ2) is 8.19. The van der Waals surface area contributed by atoms with Crippen LogP contribution in [0.25, 0.3) is 0 Å². The lowest BCUT2D eigenvalue weighted by atomic mass is 10.0. The van der Waals surface area contributed by atoms with Crippen LogP contribution in [0, 0.1) is 0 Å². The van der Waals surface area contributed by atoms with E-state index >= 15 is 0 Å². The zero-order valence-corrected chi connectivity index (χ0v) is 18.2. The Morgan fingerprint density at radius 1 is 0.867 bits per heavy atom. The molecule has 8 nitrogen and oxygen atoms in total. The minimum Gasteiger partial charge on any atom is -0.464 e. The molecule has 2 aliphatic carbocycles. The average Bonchev–Trinajstić information content (AvgIpc) is 3.23. The predicted molar refractivity (Wildman–Crippen MR) is 118 cm³/mol. The second-order valence-electron chi connectivity index (χ2n) is 6.72. The normalized spacial score (nSPS) is 25.1. The van der Waals surface area contributed by atoms with E-state index in [1.54, 1.807) is 12.2 Å². The standard InChI is InChI=1S/C20H22N4O4S2/c1-3-17-13-9-5-7-11-15(13)23(19(25)26)29(17)21-22-30-18(4-2)14-10-6-8-12-16(14)24(30)20(27)28/h5-8,11-12H,3-4,9-10H2,1-2H3,(H,25,26)(H,27,28). The summed E-state index contributed by atoms with van der Waals surface area (Å²) in [6, 6.07) is 0. The van der Waals surface area contributed by atoms with Crippen molar-refractivity contribution in [1.29, 1.82) is 0 Å². The van der Waals surface area contributed by atoms with Crippen molar-refractivity contribution in [1.82, 2.24) is 8.61 Å². The number of nitrogens with zero attached hydrogens (tertiary/aromatic N) is 4. The topological polar surface area (TPSA) is 106 Å².